The van der Waals surface area contributed by atoms with Crippen LogP contribution in [0.5, 0.6) is 11.5 Å². The lowest BCUT2D eigenvalue weighted by molar-refractivity contribution is 0.103. The molecule has 0 radical (unpaired) electrons. The van der Waals surface area contributed by atoms with Crippen LogP contribution in [-0.2, 0) is 4.74 Å². The molecule has 188 valence electrons. The first kappa shape index (κ1) is 29.7. The van der Waals surface area contributed by atoms with E-state index < -0.39 is 0 Å². The van der Waals surface area contributed by atoms with Gasteiger partial charge in [0.05, 0.1) is 6.61 Å². The van der Waals surface area contributed by atoms with Crippen LogP contribution >= 0.6 is 0 Å². The molecule has 40 heavy (non-hydrogen) atoms. The molecule has 0 unspecified atom stereocenters. The van der Waals surface area contributed by atoms with Crippen LogP contribution in [0.1, 0.15) is 15.9 Å². The van der Waals surface area contributed by atoms with Crippen molar-refractivity contribution >= 4 is 5.78 Å². The first-order chi connectivity index (χ1) is 19.7. The Hall–Kier alpha value is -6.49. The van der Waals surface area contributed by atoms with Crippen molar-refractivity contribution in [2.75, 3.05) is 26.4 Å². The van der Waals surface area contributed by atoms with E-state index in [4.69, 9.17) is 25.7 Å². The summed E-state index contributed by atoms with van der Waals surface area (Å²) in [6.45, 7) is 0.613. The summed E-state index contributed by atoms with van der Waals surface area (Å²) < 4.78 is 16.0. The largest absolute Gasteiger partial charge is 0.491 e. The Morgan fingerprint density at radius 1 is 0.575 bits per heavy atom. The van der Waals surface area contributed by atoms with Crippen molar-refractivity contribution in [2.24, 2.45) is 0 Å². The number of carbonyl (C=O) groups is 1. The van der Waals surface area contributed by atoms with Crippen molar-refractivity contribution in [1.29, 1.82) is 0 Å². The molecule has 0 aromatic heterocycles. The molecular formula is C35H18O5. The summed E-state index contributed by atoms with van der Waals surface area (Å²) in [5, 5.41) is 8.80. The molecule has 0 spiro atoms. The number of carbonyl (C=O) groups excluding carboxylic acids is 1. The number of hydrogen-bond acceptors (Lipinski definition) is 5. The van der Waals surface area contributed by atoms with Gasteiger partial charge in [-0.25, -0.2) is 0 Å². The Labute approximate surface area is 234 Å². The Morgan fingerprint density at radius 3 is 1.40 bits per heavy atom. The summed E-state index contributed by atoms with van der Waals surface area (Å²) in [5.74, 6) is 40.3. The lowest BCUT2D eigenvalue weighted by Crippen LogP contribution is -2.05. The van der Waals surface area contributed by atoms with Gasteiger partial charge in [-0.15, -0.1) is 6.42 Å². The summed E-state index contributed by atoms with van der Waals surface area (Å²) in [7, 11) is 0. The van der Waals surface area contributed by atoms with E-state index in [-0.39, 0.29) is 32.2 Å². The number of ketones is 1. The third-order valence-corrected chi connectivity index (χ3v) is 4.12. The molecule has 0 heterocycles. The SMILES string of the molecule is C#CC#CC#CC#CC#CC#CC#CC#CC#COCCOc1ccc(C(=O)c2ccc(OCCO)cc2)cc1. The van der Waals surface area contributed by atoms with Crippen molar-refractivity contribution in [3.63, 3.8) is 0 Å². The first-order valence-electron chi connectivity index (χ1n) is 11.4. The molecule has 0 atom stereocenters. The van der Waals surface area contributed by atoms with Gasteiger partial charge >= 0.3 is 0 Å². The minimum Gasteiger partial charge on any atom is -0.491 e. The molecule has 2 rings (SSSR count). The van der Waals surface area contributed by atoms with Gasteiger partial charge in [0.25, 0.3) is 0 Å². The van der Waals surface area contributed by atoms with Gasteiger partial charge in [0.2, 0.25) is 0 Å². The van der Waals surface area contributed by atoms with Crippen LogP contribution < -0.4 is 9.47 Å². The van der Waals surface area contributed by atoms with Gasteiger partial charge in [-0.3, -0.25) is 4.79 Å². The molecule has 0 saturated carbocycles. The number of ether oxygens (including phenoxy) is 3. The van der Waals surface area contributed by atoms with Crippen LogP contribution in [0.15, 0.2) is 48.5 Å². The summed E-state index contributed by atoms with van der Waals surface area (Å²) in [6.07, 6.45) is 7.37. The van der Waals surface area contributed by atoms with E-state index in [9.17, 15) is 4.79 Å². The molecule has 0 aliphatic heterocycles. The van der Waals surface area contributed by atoms with E-state index in [0.29, 0.717) is 22.6 Å². The fourth-order valence-electron chi connectivity index (χ4n) is 2.49. The van der Waals surface area contributed by atoms with Gasteiger partial charge < -0.3 is 19.3 Å². The summed E-state index contributed by atoms with van der Waals surface area (Å²) in [4.78, 5) is 12.6. The predicted octanol–water partition coefficient (Wildman–Crippen LogP) is 2.30. The topological polar surface area (TPSA) is 65.0 Å². The van der Waals surface area contributed by atoms with Crippen molar-refractivity contribution in [3.8, 4) is 119 Å². The minimum atomic E-state index is -0.124. The molecule has 5 heteroatoms. The maximum atomic E-state index is 12.6. The molecule has 5 nitrogen and oxygen atoms in total. The zero-order chi connectivity index (χ0) is 28.5. The van der Waals surface area contributed by atoms with Crippen molar-refractivity contribution in [3.05, 3.63) is 59.7 Å². The molecule has 2 aromatic carbocycles. The highest BCUT2D eigenvalue weighted by Gasteiger charge is 2.09. The summed E-state index contributed by atoms with van der Waals surface area (Å²) in [5.41, 5.74) is 1.06. The van der Waals surface area contributed by atoms with Crippen molar-refractivity contribution < 1.29 is 24.1 Å². The molecule has 0 saturated heterocycles. The van der Waals surface area contributed by atoms with E-state index in [1.54, 1.807) is 48.5 Å². The fourth-order valence-corrected chi connectivity index (χ4v) is 2.49. The van der Waals surface area contributed by atoms with Crippen LogP contribution in [0.4, 0.5) is 0 Å². The Bertz CT molecular complexity index is 1730. The van der Waals surface area contributed by atoms with Crippen LogP contribution in [0.25, 0.3) is 0 Å². The maximum Gasteiger partial charge on any atom is 0.193 e. The smallest absolute Gasteiger partial charge is 0.193 e. The fraction of sp³-hybridized carbons (Fsp3) is 0.114. The quantitative estimate of drug-likeness (QED) is 0.314. The lowest BCUT2D eigenvalue weighted by Gasteiger charge is -2.07. The van der Waals surface area contributed by atoms with Gasteiger partial charge in [0.1, 0.15) is 37.4 Å². The number of rotatable bonds is 9. The van der Waals surface area contributed by atoms with E-state index in [1.807, 2.05) is 0 Å². The third kappa shape index (κ3) is 13.0. The summed E-state index contributed by atoms with van der Waals surface area (Å²) >= 11 is 0. The van der Waals surface area contributed by atoms with Gasteiger partial charge in [-0.05, 0) is 95.9 Å². The average molecular weight is 519 g/mol. The molecule has 2 aromatic rings. The normalized spacial score (nSPS) is 7.50. The lowest BCUT2D eigenvalue weighted by atomic mass is 10.0. The maximum absolute atomic E-state index is 12.6. The molecule has 0 amide bonds. The highest BCUT2D eigenvalue weighted by molar-refractivity contribution is 6.09. The predicted molar refractivity (Wildman–Crippen MR) is 151 cm³/mol. The molecule has 0 aliphatic carbocycles. The van der Waals surface area contributed by atoms with Crippen molar-refractivity contribution in [1.82, 2.24) is 0 Å². The van der Waals surface area contributed by atoms with E-state index in [2.05, 4.69) is 101 Å². The standard InChI is InChI=1S/C35H18O5/c1-2-3-4-5-6-7-8-9-10-11-12-13-14-15-16-17-27-38-29-30-40-34-24-20-32(21-25-34)35(37)31-18-22-33(23-19-31)39-28-26-36/h1,18-25,36H,26,28-30H2. The minimum absolute atomic E-state index is 0.0734. The number of aliphatic hydroxyl groups excluding tert-OH is 1. The Morgan fingerprint density at radius 2 is 0.975 bits per heavy atom. The number of terminal acetylenes is 1. The second-order valence-electron chi connectivity index (χ2n) is 6.77. The van der Waals surface area contributed by atoms with Gasteiger partial charge in [0.15, 0.2) is 5.78 Å². The van der Waals surface area contributed by atoms with E-state index >= 15 is 0 Å². The highest BCUT2D eigenvalue weighted by atomic mass is 16.5. The van der Waals surface area contributed by atoms with E-state index in [0.717, 1.165) is 0 Å². The Kier molecular flexibility index (Phi) is 14.6. The highest BCUT2D eigenvalue weighted by Crippen LogP contribution is 2.18. The van der Waals surface area contributed by atoms with Gasteiger partial charge in [-0.2, -0.15) is 0 Å². The third-order valence-electron chi connectivity index (χ3n) is 4.12. The zero-order valence-electron chi connectivity index (χ0n) is 21.1. The summed E-state index contributed by atoms with van der Waals surface area (Å²) in [6, 6.07) is 13.5. The van der Waals surface area contributed by atoms with Crippen molar-refractivity contribution in [2.45, 2.75) is 0 Å². The second kappa shape index (κ2) is 19.7. The van der Waals surface area contributed by atoms with Gasteiger partial charge in [-0.1, -0.05) is 0 Å². The molecule has 1 N–H and O–H groups in total. The van der Waals surface area contributed by atoms with E-state index in [1.165, 1.54) is 0 Å². The van der Waals surface area contributed by atoms with Crippen LogP contribution in [0, 0.1) is 107 Å². The second-order valence-corrected chi connectivity index (χ2v) is 6.77. The molecule has 0 fully saturated rings. The monoisotopic (exact) mass is 518 g/mol. The van der Waals surface area contributed by atoms with Crippen LogP contribution in [0.3, 0.4) is 0 Å². The average Bonchev–Trinajstić information content (AvgIpc) is 2.99. The van der Waals surface area contributed by atoms with Crippen LogP contribution in [0.2, 0.25) is 0 Å². The number of benzene rings is 2. The van der Waals surface area contributed by atoms with Gasteiger partial charge in [0, 0.05) is 58.5 Å². The molecule has 0 bridgehead atoms. The molecular weight excluding hydrogens is 500 g/mol. The zero-order valence-corrected chi connectivity index (χ0v) is 21.1. The van der Waals surface area contributed by atoms with Crippen LogP contribution in [-0.4, -0.2) is 37.3 Å². The number of hydrogen-bond donors (Lipinski definition) is 1. The first-order valence-corrected chi connectivity index (χ1v) is 11.4. The number of aliphatic hydroxyl groups is 1. The Balaban J connectivity index is 1.68. The molecule has 0 aliphatic rings.